The minimum atomic E-state index is -0.636. The molecule has 0 bridgehead atoms. The van der Waals surface area contributed by atoms with Gasteiger partial charge in [0, 0.05) is 35.0 Å². The molecule has 0 radical (unpaired) electrons. The van der Waals surface area contributed by atoms with Gasteiger partial charge >= 0.3 is 5.97 Å². The topological polar surface area (TPSA) is 70.7 Å². The Labute approximate surface area is 164 Å². The van der Waals surface area contributed by atoms with Crippen molar-refractivity contribution in [1.29, 1.82) is 0 Å². The lowest BCUT2D eigenvalue weighted by atomic mass is 10.1. The van der Waals surface area contributed by atoms with Gasteiger partial charge in [-0.25, -0.2) is 4.79 Å². The number of fused-ring (bicyclic) bond motifs is 1. The Balaban J connectivity index is 1.74. The van der Waals surface area contributed by atoms with Gasteiger partial charge in [-0.15, -0.1) is 0 Å². The molecule has 0 aliphatic heterocycles. The molecule has 2 aromatic heterocycles. The number of ketones is 1. The SMILES string of the molecule is COC[C@@H](C)n1c(C)cc(C(=O)COC(=O)c2oc3ccccc3c2C)c1C. The van der Waals surface area contributed by atoms with Gasteiger partial charge in [0.15, 0.2) is 6.61 Å². The quantitative estimate of drug-likeness (QED) is 0.446. The summed E-state index contributed by atoms with van der Waals surface area (Å²) in [5.41, 5.74) is 3.68. The van der Waals surface area contributed by atoms with Crippen LogP contribution in [0.15, 0.2) is 34.7 Å². The summed E-state index contributed by atoms with van der Waals surface area (Å²) < 4.78 is 18.1. The van der Waals surface area contributed by atoms with Crippen LogP contribution in [0.1, 0.15) is 50.8 Å². The molecule has 0 unspecified atom stereocenters. The first-order valence-corrected chi connectivity index (χ1v) is 9.21. The maximum atomic E-state index is 12.7. The van der Waals surface area contributed by atoms with Crippen molar-refractivity contribution in [3.05, 3.63) is 58.6 Å². The first-order valence-electron chi connectivity index (χ1n) is 9.21. The summed E-state index contributed by atoms with van der Waals surface area (Å²) in [6, 6.07) is 9.32. The third-order valence-electron chi connectivity index (χ3n) is 5.00. The number of aromatic nitrogens is 1. The molecule has 2 heterocycles. The molecule has 0 fully saturated rings. The summed E-state index contributed by atoms with van der Waals surface area (Å²) in [6.07, 6.45) is 0. The lowest BCUT2D eigenvalue weighted by molar-refractivity contribution is 0.0445. The molecule has 3 rings (SSSR count). The number of ether oxygens (including phenoxy) is 2. The molecule has 0 aliphatic rings. The van der Waals surface area contributed by atoms with Crippen LogP contribution in [0.25, 0.3) is 11.0 Å². The van der Waals surface area contributed by atoms with E-state index in [2.05, 4.69) is 4.57 Å². The monoisotopic (exact) mass is 383 g/mol. The predicted octanol–water partition coefficient (Wildman–Crippen LogP) is 4.41. The highest BCUT2D eigenvalue weighted by molar-refractivity contribution is 6.01. The van der Waals surface area contributed by atoms with Gasteiger partial charge in [-0.3, -0.25) is 4.79 Å². The fourth-order valence-electron chi connectivity index (χ4n) is 3.70. The van der Waals surface area contributed by atoms with Crippen LogP contribution in [0.5, 0.6) is 0 Å². The van der Waals surface area contributed by atoms with E-state index in [4.69, 9.17) is 13.9 Å². The average Bonchev–Trinajstić information content (AvgIpc) is 3.16. The second-order valence-electron chi connectivity index (χ2n) is 7.01. The maximum absolute atomic E-state index is 12.7. The predicted molar refractivity (Wildman–Crippen MR) is 106 cm³/mol. The first-order chi connectivity index (χ1) is 13.3. The molecule has 1 aromatic carbocycles. The lowest BCUT2D eigenvalue weighted by Gasteiger charge is -2.17. The average molecular weight is 383 g/mol. The second kappa shape index (κ2) is 8.02. The largest absolute Gasteiger partial charge is 0.451 e. The third-order valence-corrected chi connectivity index (χ3v) is 5.00. The fourth-order valence-corrected chi connectivity index (χ4v) is 3.70. The first kappa shape index (κ1) is 19.9. The fraction of sp³-hybridized carbons (Fsp3) is 0.364. The number of rotatable bonds is 7. The number of nitrogens with zero attached hydrogens (tertiary/aromatic N) is 1. The number of methoxy groups -OCH3 is 1. The Bertz CT molecular complexity index is 1030. The van der Waals surface area contributed by atoms with Crippen molar-refractivity contribution in [3.63, 3.8) is 0 Å². The van der Waals surface area contributed by atoms with Crippen molar-refractivity contribution in [1.82, 2.24) is 4.57 Å². The lowest BCUT2D eigenvalue weighted by Crippen LogP contribution is -2.17. The Morgan fingerprint density at radius 2 is 1.89 bits per heavy atom. The van der Waals surface area contributed by atoms with E-state index in [1.54, 1.807) is 20.1 Å². The molecule has 6 nitrogen and oxygen atoms in total. The van der Waals surface area contributed by atoms with Crippen LogP contribution in [0, 0.1) is 20.8 Å². The number of Topliss-reactive ketones (excluding diaryl/α,β-unsaturated/α-hetero) is 1. The Kier molecular flexibility index (Phi) is 5.70. The zero-order valence-corrected chi connectivity index (χ0v) is 16.9. The van der Waals surface area contributed by atoms with E-state index in [0.717, 1.165) is 16.8 Å². The van der Waals surface area contributed by atoms with Gasteiger partial charge in [0.1, 0.15) is 5.58 Å². The van der Waals surface area contributed by atoms with E-state index in [1.165, 1.54) is 0 Å². The Morgan fingerprint density at radius 3 is 2.57 bits per heavy atom. The van der Waals surface area contributed by atoms with Crippen molar-refractivity contribution >= 4 is 22.7 Å². The van der Waals surface area contributed by atoms with Crippen LogP contribution in [-0.2, 0) is 9.47 Å². The van der Waals surface area contributed by atoms with E-state index in [0.29, 0.717) is 23.3 Å². The highest BCUT2D eigenvalue weighted by atomic mass is 16.5. The van der Waals surface area contributed by atoms with E-state index in [9.17, 15) is 9.59 Å². The van der Waals surface area contributed by atoms with Crippen LogP contribution in [0.2, 0.25) is 0 Å². The van der Waals surface area contributed by atoms with Gasteiger partial charge in [0.2, 0.25) is 11.5 Å². The number of aryl methyl sites for hydroxylation is 2. The number of hydrogen-bond donors (Lipinski definition) is 0. The Hall–Kier alpha value is -2.86. The van der Waals surface area contributed by atoms with Gasteiger partial charge in [-0.05, 0) is 39.8 Å². The van der Waals surface area contributed by atoms with Gasteiger partial charge in [0.05, 0.1) is 12.6 Å². The van der Waals surface area contributed by atoms with E-state index in [1.807, 2.05) is 45.0 Å². The molecule has 6 heteroatoms. The number of carbonyl (C=O) groups is 2. The molecule has 0 amide bonds. The standard InChI is InChI=1S/C22H25NO5/c1-13-10-18(16(4)23(13)14(2)11-26-5)19(24)12-27-22(25)21-15(3)17-8-6-7-9-20(17)28-21/h6-10,14H,11-12H2,1-5H3/t14-/m1/s1. The van der Waals surface area contributed by atoms with Crippen LogP contribution in [0.4, 0.5) is 0 Å². The van der Waals surface area contributed by atoms with Crippen molar-refractivity contribution in [2.75, 3.05) is 20.3 Å². The number of hydrogen-bond acceptors (Lipinski definition) is 5. The van der Waals surface area contributed by atoms with Gasteiger partial charge in [0.25, 0.3) is 0 Å². The summed E-state index contributed by atoms with van der Waals surface area (Å²) in [5, 5.41) is 0.858. The molecule has 0 saturated carbocycles. The zero-order valence-electron chi connectivity index (χ0n) is 16.9. The molecule has 3 aromatic rings. The minimum absolute atomic E-state index is 0.104. The molecule has 148 valence electrons. The van der Waals surface area contributed by atoms with Crippen molar-refractivity contribution in [2.24, 2.45) is 0 Å². The molecule has 0 spiro atoms. The van der Waals surface area contributed by atoms with Gasteiger partial charge in [-0.2, -0.15) is 0 Å². The van der Waals surface area contributed by atoms with Crippen molar-refractivity contribution in [3.8, 4) is 0 Å². The number of para-hydroxylation sites is 1. The van der Waals surface area contributed by atoms with Crippen LogP contribution in [-0.4, -0.2) is 36.6 Å². The number of esters is 1. The Morgan fingerprint density at radius 1 is 1.18 bits per heavy atom. The molecule has 0 N–H and O–H groups in total. The molecule has 1 atom stereocenters. The molecule has 0 aliphatic carbocycles. The minimum Gasteiger partial charge on any atom is -0.451 e. The van der Waals surface area contributed by atoms with E-state index in [-0.39, 0.29) is 24.2 Å². The number of furan rings is 1. The van der Waals surface area contributed by atoms with E-state index >= 15 is 0 Å². The summed E-state index contributed by atoms with van der Waals surface area (Å²) >= 11 is 0. The summed E-state index contributed by atoms with van der Waals surface area (Å²) in [6.45, 7) is 7.87. The maximum Gasteiger partial charge on any atom is 0.375 e. The van der Waals surface area contributed by atoms with Crippen molar-refractivity contribution < 1.29 is 23.5 Å². The molecule has 28 heavy (non-hydrogen) atoms. The molecular weight excluding hydrogens is 358 g/mol. The molecule has 0 saturated heterocycles. The van der Waals surface area contributed by atoms with Crippen molar-refractivity contribution in [2.45, 2.75) is 33.7 Å². The number of carbonyl (C=O) groups excluding carboxylic acids is 2. The van der Waals surface area contributed by atoms with Crippen LogP contribution >= 0.6 is 0 Å². The van der Waals surface area contributed by atoms with Gasteiger partial charge < -0.3 is 18.5 Å². The van der Waals surface area contributed by atoms with E-state index < -0.39 is 5.97 Å². The van der Waals surface area contributed by atoms with Crippen LogP contribution < -0.4 is 0 Å². The summed E-state index contributed by atoms with van der Waals surface area (Å²) in [7, 11) is 1.65. The van der Waals surface area contributed by atoms with Gasteiger partial charge in [-0.1, -0.05) is 18.2 Å². The smallest absolute Gasteiger partial charge is 0.375 e. The highest BCUT2D eigenvalue weighted by Crippen LogP contribution is 2.26. The normalized spacial score (nSPS) is 12.3. The summed E-state index contributed by atoms with van der Waals surface area (Å²) in [5.74, 6) is -0.747. The molecular formula is C22H25NO5. The summed E-state index contributed by atoms with van der Waals surface area (Å²) in [4.78, 5) is 25.1. The zero-order chi connectivity index (χ0) is 20.4. The van der Waals surface area contributed by atoms with Crippen LogP contribution in [0.3, 0.4) is 0 Å². The highest BCUT2D eigenvalue weighted by Gasteiger charge is 2.23. The third kappa shape index (κ3) is 3.60. The number of benzene rings is 1. The second-order valence-corrected chi connectivity index (χ2v) is 7.01.